The monoisotopic (exact) mass is 289 g/mol. The van der Waals surface area contributed by atoms with Crippen molar-refractivity contribution in [2.45, 2.75) is 71.8 Å². The van der Waals surface area contributed by atoms with Gasteiger partial charge in [-0.3, -0.25) is 0 Å². The number of allylic oxidation sites excluding steroid dienone is 1. The Morgan fingerprint density at radius 2 is 2.05 bits per heavy atom. The van der Waals surface area contributed by atoms with E-state index in [2.05, 4.69) is 42.0 Å². The number of nitrogens with zero attached hydrogens (tertiary/aromatic N) is 2. The van der Waals surface area contributed by atoms with Gasteiger partial charge in [0.2, 0.25) is 0 Å². The zero-order valence-corrected chi connectivity index (χ0v) is 14.0. The first-order valence-corrected chi connectivity index (χ1v) is 8.40. The van der Waals surface area contributed by atoms with Gasteiger partial charge in [0, 0.05) is 6.04 Å². The predicted molar refractivity (Wildman–Crippen MR) is 90.5 cm³/mol. The van der Waals surface area contributed by atoms with Gasteiger partial charge in [-0.1, -0.05) is 32.8 Å². The molecule has 0 saturated carbocycles. The zero-order valence-electron chi connectivity index (χ0n) is 14.0. The second-order valence-electron chi connectivity index (χ2n) is 5.67. The molecule has 0 aliphatic heterocycles. The van der Waals surface area contributed by atoms with Crippen LogP contribution < -0.4 is 5.32 Å². The average Bonchev–Trinajstić information content (AvgIpc) is 2.50. The number of hydrogen-bond donors (Lipinski definition) is 1. The molecular formula is C18H31N3. The first-order chi connectivity index (χ1) is 10.2. The van der Waals surface area contributed by atoms with Crippen molar-refractivity contribution in [3.8, 4) is 0 Å². The largest absolute Gasteiger partial charge is 0.310 e. The van der Waals surface area contributed by atoms with Crippen molar-refractivity contribution in [1.29, 1.82) is 0 Å². The number of unbranched alkanes of at least 4 members (excludes halogenated alkanes) is 3. The van der Waals surface area contributed by atoms with Gasteiger partial charge in [-0.15, -0.1) is 6.58 Å². The number of aryl methyl sites for hydroxylation is 2. The fraction of sp³-hybridized carbons (Fsp3) is 0.667. The summed E-state index contributed by atoms with van der Waals surface area (Å²) in [5.41, 5.74) is 3.50. The molecule has 0 fully saturated rings. The third-order valence-electron chi connectivity index (χ3n) is 3.78. The fourth-order valence-electron chi connectivity index (χ4n) is 2.61. The first-order valence-electron chi connectivity index (χ1n) is 8.40. The summed E-state index contributed by atoms with van der Waals surface area (Å²) in [5, 5.41) is 12.3. The molecule has 21 heavy (non-hydrogen) atoms. The van der Waals surface area contributed by atoms with Crippen molar-refractivity contribution in [2.24, 2.45) is 0 Å². The maximum absolute atomic E-state index is 4.38. The second kappa shape index (κ2) is 10.5. The van der Waals surface area contributed by atoms with Crippen LogP contribution in [0.15, 0.2) is 18.7 Å². The highest BCUT2D eigenvalue weighted by molar-refractivity contribution is 5.24. The molecule has 1 N–H and O–H groups in total. The summed E-state index contributed by atoms with van der Waals surface area (Å²) in [6, 6.07) is 2.63. The molecule has 1 aromatic heterocycles. The van der Waals surface area contributed by atoms with Crippen LogP contribution in [0.5, 0.6) is 0 Å². The number of rotatable bonds is 11. The predicted octanol–water partition coefficient (Wildman–Crippen LogP) is 4.52. The third-order valence-corrected chi connectivity index (χ3v) is 3.78. The normalized spacial score (nSPS) is 12.3. The summed E-state index contributed by atoms with van der Waals surface area (Å²) < 4.78 is 0. The Morgan fingerprint density at radius 3 is 2.71 bits per heavy atom. The van der Waals surface area contributed by atoms with Crippen molar-refractivity contribution in [1.82, 2.24) is 15.5 Å². The average molecular weight is 289 g/mol. The Hall–Kier alpha value is -1.22. The van der Waals surface area contributed by atoms with Crippen molar-refractivity contribution >= 4 is 0 Å². The molecule has 0 aliphatic rings. The zero-order chi connectivity index (χ0) is 15.5. The Morgan fingerprint density at radius 1 is 1.24 bits per heavy atom. The molecule has 0 aliphatic carbocycles. The van der Waals surface area contributed by atoms with Gasteiger partial charge in [-0.25, -0.2) is 0 Å². The molecule has 0 spiro atoms. The Kier molecular flexibility index (Phi) is 8.91. The molecule has 1 rings (SSSR count). The van der Waals surface area contributed by atoms with Crippen LogP contribution in [-0.2, 0) is 6.42 Å². The summed E-state index contributed by atoms with van der Waals surface area (Å²) in [7, 11) is 0. The highest BCUT2D eigenvalue weighted by Crippen LogP contribution is 2.23. The molecule has 1 heterocycles. The highest BCUT2D eigenvalue weighted by atomic mass is 15.1. The standard InChI is InChI=1S/C18H31N3/c1-5-8-9-10-11-12-18(19-13-6-2)16-14-15(4)20-21-17(16)7-3/h5,14,18-19H,1,6-13H2,2-4H3. The molecule has 0 aromatic carbocycles. The van der Waals surface area contributed by atoms with Crippen LogP contribution >= 0.6 is 0 Å². The number of hydrogen-bond acceptors (Lipinski definition) is 3. The highest BCUT2D eigenvalue weighted by Gasteiger charge is 2.15. The number of nitrogens with one attached hydrogen (secondary N) is 1. The topological polar surface area (TPSA) is 37.8 Å². The maximum Gasteiger partial charge on any atom is 0.0676 e. The van der Waals surface area contributed by atoms with Crippen LogP contribution in [0.25, 0.3) is 0 Å². The Labute approximate surface area is 130 Å². The van der Waals surface area contributed by atoms with Crippen molar-refractivity contribution < 1.29 is 0 Å². The molecule has 0 amide bonds. The van der Waals surface area contributed by atoms with E-state index in [0.29, 0.717) is 6.04 Å². The summed E-state index contributed by atoms with van der Waals surface area (Å²) in [6.07, 6.45) is 10.2. The van der Waals surface area contributed by atoms with Crippen LogP contribution in [0.3, 0.4) is 0 Å². The number of aromatic nitrogens is 2. The first kappa shape index (κ1) is 17.8. The smallest absolute Gasteiger partial charge is 0.0676 e. The summed E-state index contributed by atoms with van der Waals surface area (Å²) >= 11 is 0. The summed E-state index contributed by atoms with van der Waals surface area (Å²) in [5.74, 6) is 0. The minimum Gasteiger partial charge on any atom is -0.310 e. The molecule has 1 aromatic rings. The lowest BCUT2D eigenvalue weighted by Gasteiger charge is -2.21. The fourth-order valence-corrected chi connectivity index (χ4v) is 2.61. The molecule has 0 bridgehead atoms. The van der Waals surface area contributed by atoms with E-state index in [9.17, 15) is 0 Å². The van der Waals surface area contributed by atoms with E-state index in [-0.39, 0.29) is 0 Å². The molecule has 3 nitrogen and oxygen atoms in total. The van der Waals surface area contributed by atoms with Gasteiger partial charge in [-0.05, 0) is 57.2 Å². The Bertz CT molecular complexity index is 415. The van der Waals surface area contributed by atoms with E-state index >= 15 is 0 Å². The van der Waals surface area contributed by atoms with Crippen LogP contribution in [0.1, 0.15) is 75.4 Å². The lowest BCUT2D eigenvalue weighted by molar-refractivity contribution is 0.466. The summed E-state index contributed by atoms with van der Waals surface area (Å²) in [6.45, 7) is 11.2. The molecule has 118 valence electrons. The second-order valence-corrected chi connectivity index (χ2v) is 5.67. The van der Waals surface area contributed by atoms with E-state index in [0.717, 1.165) is 37.2 Å². The van der Waals surface area contributed by atoms with Crippen LogP contribution in [0.2, 0.25) is 0 Å². The summed E-state index contributed by atoms with van der Waals surface area (Å²) in [4.78, 5) is 0. The van der Waals surface area contributed by atoms with Crippen LogP contribution in [0.4, 0.5) is 0 Å². The molecule has 0 saturated heterocycles. The minimum atomic E-state index is 0.415. The van der Waals surface area contributed by atoms with Gasteiger partial charge in [0.25, 0.3) is 0 Å². The Balaban J connectivity index is 2.71. The minimum absolute atomic E-state index is 0.415. The molecule has 1 atom stereocenters. The van der Waals surface area contributed by atoms with Crippen molar-refractivity contribution in [2.75, 3.05) is 6.54 Å². The SMILES string of the molecule is C=CCCCCCC(NCCC)c1cc(C)nnc1CC. The van der Waals surface area contributed by atoms with Gasteiger partial charge < -0.3 is 5.32 Å². The lowest BCUT2D eigenvalue weighted by Crippen LogP contribution is -2.24. The molecule has 3 heteroatoms. The van der Waals surface area contributed by atoms with Gasteiger partial charge >= 0.3 is 0 Å². The van der Waals surface area contributed by atoms with Crippen LogP contribution in [0, 0.1) is 6.92 Å². The maximum atomic E-state index is 4.38. The van der Waals surface area contributed by atoms with Gasteiger partial charge in [-0.2, -0.15) is 10.2 Å². The van der Waals surface area contributed by atoms with Crippen molar-refractivity contribution in [3.05, 3.63) is 35.7 Å². The van der Waals surface area contributed by atoms with Crippen LogP contribution in [-0.4, -0.2) is 16.7 Å². The van der Waals surface area contributed by atoms with Gasteiger partial charge in [0.05, 0.1) is 11.4 Å². The van der Waals surface area contributed by atoms with E-state index in [1.165, 1.54) is 31.2 Å². The quantitative estimate of drug-likeness (QED) is 0.480. The third kappa shape index (κ3) is 6.38. The lowest BCUT2D eigenvalue weighted by atomic mass is 9.97. The van der Waals surface area contributed by atoms with Crippen molar-refractivity contribution in [3.63, 3.8) is 0 Å². The molecular weight excluding hydrogens is 258 g/mol. The van der Waals surface area contributed by atoms with E-state index in [4.69, 9.17) is 0 Å². The van der Waals surface area contributed by atoms with E-state index in [1.54, 1.807) is 0 Å². The molecule has 1 unspecified atom stereocenters. The van der Waals surface area contributed by atoms with Gasteiger partial charge in [0.15, 0.2) is 0 Å². The van der Waals surface area contributed by atoms with E-state index in [1.807, 2.05) is 13.0 Å². The van der Waals surface area contributed by atoms with E-state index < -0.39 is 0 Å². The molecule has 0 radical (unpaired) electrons. The van der Waals surface area contributed by atoms with Gasteiger partial charge in [0.1, 0.15) is 0 Å².